The molecular formula is C22H19NO5S. The van der Waals surface area contributed by atoms with E-state index in [1.54, 1.807) is 36.5 Å². The Labute approximate surface area is 167 Å². The van der Waals surface area contributed by atoms with Gasteiger partial charge in [0.2, 0.25) is 0 Å². The van der Waals surface area contributed by atoms with Crippen molar-refractivity contribution in [2.24, 2.45) is 0 Å². The monoisotopic (exact) mass is 409 g/mol. The minimum absolute atomic E-state index is 0.0347. The zero-order valence-electron chi connectivity index (χ0n) is 16.0. The van der Waals surface area contributed by atoms with Crippen LogP contribution in [0.25, 0.3) is 21.9 Å². The van der Waals surface area contributed by atoms with Crippen molar-refractivity contribution in [1.82, 2.24) is 4.98 Å². The Morgan fingerprint density at radius 3 is 2.69 bits per heavy atom. The highest BCUT2D eigenvalue weighted by Gasteiger charge is 2.21. The lowest BCUT2D eigenvalue weighted by molar-refractivity contribution is 0.486. The third-order valence-electron chi connectivity index (χ3n) is 4.73. The summed E-state index contributed by atoms with van der Waals surface area (Å²) in [5.74, 6) is 0.0758. The molecule has 2 aromatic carbocycles. The lowest BCUT2D eigenvalue weighted by Crippen LogP contribution is -2.11. The van der Waals surface area contributed by atoms with Crippen LogP contribution in [0.5, 0.6) is 5.75 Å². The summed E-state index contributed by atoms with van der Waals surface area (Å²) in [5, 5.41) is 1.26. The van der Waals surface area contributed by atoms with Gasteiger partial charge in [-0.2, -0.15) is 8.42 Å². The summed E-state index contributed by atoms with van der Waals surface area (Å²) < 4.78 is 36.5. The van der Waals surface area contributed by atoms with Crippen LogP contribution >= 0.6 is 0 Å². The number of pyridine rings is 1. The predicted octanol–water partition coefficient (Wildman–Crippen LogP) is 4.37. The van der Waals surface area contributed by atoms with E-state index in [0.717, 1.165) is 29.4 Å². The standard InChI is InChI=1S/C22H19NO5S/c1-3-5-15-12-21(24)27-19-13-16(8-9-17(15)19)28-29(25,26)20-10-7-14(2)22-18(20)6-4-11-23-22/h4,6-13H,3,5H2,1-2H3. The molecule has 0 saturated heterocycles. The molecule has 4 aromatic rings. The van der Waals surface area contributed by atoms with Crippen LogP contribution in [0.4, 0.5) is 0 Å². The molecule has 148 valence electrons. The van der Waals surface area contributed by atoms with Gasteiger partial charge in [0, 0.05) is 29.1 Å². The van der Waals surface area contributed by atoms with Gasteiger partial charge in [-0.1, -0.05) is 19.4 Å². The maximum absolute atomic E-state index is 13.0. The van der Waals surface area contributed by atoms with Gasteiger partial charge in [0.25, 0.3) is 0 Å². The summed E-state index contributed by atoms with van der Waals surface area (Å²) in [6, 6.07) is 12.8. The predicted molar refractivity (Wildman–Crippen MR) is 111 cm³/mol. The van der Waals surface area contributed by atoms with Crippen molar-refractivity contribution in [2.45, 2.75) is 31.6 Å². The number of hydrogen-bond acceptors (Lipinski definition) is 6. The van der Waals surface area contributed by atoms with Crippen LogP contribution in [0.3, 0.4) is 0 Å². The van der Waals surface area contributed by atoms with Crippen LogP contribution in [0.2, 0.25) is 0 Å². The summed E-state index contributed by atoms with van der Waals surface area (Å²) in [6.45, 7) is 3.89. The molecule has 0 amide bonds. The second-order valence-electron chi connectivity index (χ2n) is 6.82. The van der Waals surface area contributed by atoms with E-state index in [1.165, 1.54) is 18.2 Å². The molecule has 2 heterocycles. The third kappa shape index (κ3) is 3.61. The molecule has 0 spiro atoms. The first-order chi connectivity index (χ1) is 13.9. The highest BCUT2D eigenvalue weighted by Crippen LogP contribution is 2.29. The molecule has 4 rings (SSSR count). The lowest BCUT2D eigenvalue weighted by Gasteiger charge is -2.11. The molecule has 0 N–H and O–H groups in total. The average Bonchev–Trinajstić information content (AvgIpc) is 2.68. The summed E-state index contributed by atoms with van der Waals surface area (Å²) in [6.07, 6.45) is 3.22. The van der Waals surface area contributed by atoms with E-state index in [9.17, 15) is 13.2 Å². The largest absolute Gasteiger partial charge is 0.423 e. The summed E-state index contributed by atoms with van der Waals surface area (Å²) in [7, 11) is -4.12. The second kappa shape index (κ2) is 7.33. The summed E-state index contributed by atoms with van der Waals surface area (Å²) >= 11 is 0. The second-order valence-corrected chi connectivity index (χ2v) is 8.33. The van der Waals surface area contributed by atoms with Crippen molar-refractivity contribution in [3.05, 3.63) is 76.3 Å². The van der Waals surface area contributed by atoms with E-state index in [-0.39, 0.29) is 10.6 Å². The van der Waals surface area contributed by atoms with E-state index in [0.29, 0.717) is 16.5 Å². The number of benzene rings is 2. The third-order valence-corrected chi connectivity index (χ3v) is 6.03. The van der Waals surface area contributed by atoms with Crippen molar-refractivity contribution in [2.75, 3.05) is 0 Å². The minimum atomic E-state index is -4.12. The van der Waals surface area contributed by atoms with Crippen LogP contribution < -0.4 is 9.81 Å². The van der Waals surface area contributed by atoms with Crippen molar-refractivity contribution >= 4 is 32.0 Å². The summed E-state index contributed by atoms with van der Waals surface area (Å²) in [5.41, 5.74) is 2.16. The number of aromatic nitrogens is 1. The molecule has 7 heteroatoms. The Bertz CT molecular complexity index is 1390. The molecule has 2 aromatic heterocycles. The maximum atomic E-state index is 13.0. The number of nitrogens with zero attached hydrogens (tertiary/aromatic N) is 1. The van der Waals surface area contributed by atoms with Crippen LogP contribution in [0.1, 0.15) is 24.5 Å². The van der Waals surface area contributed by atoms with Crippen LogP contribution in [0.15, 0.2) is 68.8 Å². The average molecular weight is 409 g/mol. The van der Waals surface area contributed by atoms with Gasteiger partial charge in [0.15, 0.2) is 0 Å². The van der Waals surface area contributed by atoms with Gasteiger partial charge in [-0.3, -0.25) is 4.98 Å². The maximum Gasteiger partial charge on any atom is 0.339 e. The fourth-order valence-electron chi connectivity index (χ4n) is 3.42. The van der Waals surface area contributed by atoms with Gasteiger partial charge < -0.3 is 8.60 Å². The van der Waals surface area contributed by atoms with Crippen LogP contribution in [-0.2, 0) is 16.5 Å². The normalized spacial score (nSPS) is 11.8. The van der Waals surface area contributed by atoms with Gasteiger partial charge in [-0.05, 0) is 54.8 Å². The zero-order valence-corrected chi connectivity index (χ0v) is 16.8. The highest BCUT2D eigenvalue weighted by molar-refractivity contribution is 7.87. The first kappa shape index (κ1) is 19.1. The molecule has 0 fully saturated rings. The first-order valence-corrected chi connectivity index (χ1v) is 10.7. The van der Waals surface area contributed by atoms with Crippen molar-refractivity contribution in [1.29, 1.82) is 0 Å². The van der Waals surface area contributed by atoms with Gasteiger partial charge in [0.1, 0.15) is 16.2 Å². The SMILES string of the molecule is CCCc1cc(=O)oc2cc(OS(=O)(=O)c3ccc(C)c4ncccc34)ccc12. The summed E-state index contributed by atoms with van der Waals surface area (Å²) in [4.78, 5) is 16.1. The van der Waals surface area contributed by atoms with E-state index < -0.39 is 15.7 Å². The van der Waals surface area contributed by atoms with Gasteiger partial charge >= 0.3 is 15.7 Å². The zero-order chi connectivity index (χ0) is 20.6. The fourth-order valence-corrected chi connectivity index (χ4v) is 4.53. The number of hydrogen-bond donors (Lipinski definition) is 0. The van der Waals surface area contributed by atoms with Gasteiger partial charge in [0.05, 0.1) is 5.52 Å². The molecule has 0 aliphatic rings. The van der Waals surface area contributed by atoms with E-state index in [1.807, 2.05) is 13.8 Å². The Hall–Kier alpha value is -3.19. The first-order valence-electron chi connectivity index (χ1n) is 9.24. The van der Waals surface area contributed by atoms with Crippen molar-refractivity contribution in [3.8, 4) is 5.75 Å². The van der Waals surface area contributed by atoms with Crippen molar-refractivity contribution in [3.63, 3.8) is 0 Å². The molecule has 29 heavy (non-hydrogen) atoms. The van der Waals surface area contributed by atoms with E-state index in [2.05, 4.69) is 4.98 Å². The molecule has 0 radical (unpaired) electrons. The molecular weight excluding hydrogens is 390 g/mol. The molecule has 0 unspecified atom stereocenters. The van der Waals surface area contributed by atoms with Gasteiger partial charge in [-0.15, -0.1) is 0 Å². The van der Waals surface area contributed by atoms with E-state index >= 15 is 0 Å². The molecule has 0 aliphatic carbocycles. The van der Waals surface area contributed by atoms with Crippen LogP contribution in [-0.4, -0.2) is 13.4 Å². The number of aryl methyl sites for hydroxylation is 2. The smallest absolute Gasteiger partial charge is 0.339 e. The Morgan fingerprint density at radius 2 is 1.90 bits per heavy atom. The fraction of sp³-hybridized carbons (Fsp3) is 0.182. The molecule has 0 atom stereocenters. The lowest BCUT2D eigenvalue weighted by atomic mass is 10.1. The Balaban J connectivity index is 1.79. The van der Waals surface area contributed by atoms with Crippen LogP contribution in [0, 0.1) is 6.92 Å². The molecule has 0 aliphatic heterocycles. The molecule has 0 bridgehead atoms. The number of fused-ring (bicyclic) bond motifs is 2. The van der Waals surface area contributed by atoms with Crippen molar-refractivity contribution < 1.29 is 17.0 Å². The van der Waals surface area contributed by atoms with Gasteiger partial charge in [-0.25, -0.2) is 4.79 Å². The topological polar surface area (TPSA) is 86.5 Å². The van der Waals surface area contributed by atoms with E-state index in [4.69, 9.17) is 8.60 Å². The number of rotatable bonds is 5. The minimum Gasteiger partial charge on any atom is -0.423 e. The quantitative estimate of drug-likeness (QED) is 0.359. The highest BCUT2D eigenvalue weighted by atomic mass is 32.2. The Morgan fingerprint density at radius 1 is 1.07 bits per heavy atom. The molecule has 6 nitrogen and oxygen atoms in total. The Kier molecular flexibility index (Phi) is 4.84. The molecule has 0 saturated carbocycles.